The zero-order chi connectivity index (χ0) is 10.6. The van der Waals surface area contributed by atoms with E-state index in [4.69, 9.17) is 5.73 Å². The van der Waals surface area contributed by atoms with E-state index in [9.17, 15) is 4.39 Å². The van der Waals surface area contributed by atoms with Gasteiger partial charge >= 0.3 is 0 Å². The normalized spacial score (nSPS) is 12.5. The average molecular weight is 196 g/mol. The largest absolute Gasteiger partial charge is 0.395 e. The number of benzene rings is 1. The molecule has 0 aromatic heterocycles. The molecule has 14 heavy (non-hydrogen) atoms. The Morgan fingerprint density at radius 3 is 2.86 bits per heavy atom. The molecular weight excluding hydrogens is 179 g/mol. The van der Waals surface area contributed by atoms with Gasteiger partial charge in [-0.15, -0.1) is 0 Å². The summed E-state index contributed by atoms with van der Waals surface area (Å²) in [6.07, 6.45) is 1.10. The van der Waals surface area contributed by atoms with E-state index in [1.807, 2.05) is 0 Å². The average Bonchev–Trinajstić information content (AvgIpc) is 2.20. The van der Waals surface area contributed by atoms with Crippen molar-refractivity contribution in [3.8, 4) is 0 Å². The lowest BCUT2D eigenvalue weighted by molar-refractivity contribution is 0.592. The van der Waals surface area contributed by atoms with Crippen LogP contribution in [0.25, 0.3) is 0 Å². The molecule has 0 fully saturated rings. The molecule has 0 aliphatic rings. The molecule has 1 aromatic rings. The summed E-state index contributed by atoms with van der Waals surface area (Å²) in [5, 5.41) is 3.14. The van der Waals surface area contributed by atoms with Crippen LogP contribution in [0, 0.1) is 11.7 Å². The number of hydrogen-bond acceptors (Lipinski definition) is 2. The van der Waals surface area contributed by atoms with Crippen molar-refractivity contribution in [1.29, 1.82) is 0 Å². The van der Waals surface area contributed by atoms with Crippen molar-refractivity contribution in [3.63, 3.8) is 0 Å². The Kier molecular flexibility index (Phi) is 3.74. The standard InChI is InChI=1S/C11H17FN2/c1-3-8(2)7-14-10-6-4-5-9(12)11(10)13/h4-6,8,14H,3,7,13H2,1-2H3. The van der Waals surface area contributed by atoms with Crippen LogP contribution < -0.4 is 11.1 Å². The van der Waals surface area contributed by atoms with Crippen LogP contribution >= 0.6 is 0 Å². The van der Waals surface area contributed by atoms with E-state index in [1.54, 1.807) is 12.1 Å². The van der Waals surface area contributed by atoms with Crippen molar-refractivity contribution in [1.82, 2.24) is 0 Å². The number of rotatable bonds is 4. The van der Waals surface area contributed by atoms with Crippen LogP contribution in [0.1, 0.15) is 20.3 Å². The second-order valence-electron chi connectivity index (χ2n) is 3.60. The molecule has 0 saturated heterocycles. The molecule has 1 unspecified atom stereocenters. The molecule has 0 aliphatic heterocycles. The Hall–Kier alpha value is -1.25. The van der Waals surface area contributed by atoms with Gasteiger partial charge in [0.15, 0.2) is 0 Å². The fourth-order valence-corrected chi connectivity index (χ4v) is 1.12. The lowest BCUT2D eigenvalue weighted by Gasteiger charge is -2.13. The maximum atomic E-state index is 13.0. The summed E-state index contributed by atoms with van der Waals surface area (Å²) in [6.45, 7) is 5.09. The van der Waals surface area contributed by atoms with Crippen LogP contribution in [0.2, 0.25) is 0 Å². The number of nitrogens with two attached hydrogens (primary N) is 1. The lowest BCUT2D eigenvalue weighted by atomic mass is 10.1. The molecule has 1 rings (SSSR count). The number of halogens is 1. The molecule has 78 valence electrons. The first-order valence-corrected chi connectivity index (χ1v) is 4.93. The van der Waals surface area contributed by atoms with Crippen molar-refractivity contribution in [2.75, 3.05) is 17.6 Å². The smallest absolute Gasteiger partial charge is 0.148 e. The van der Waals surface area contributed by atoms with E-state index in [2.05, 4.69) is 19.2 Å². The number of nitrogen functional groups attached to an aromatic ring is 1. The minimum absolute atomic E-state index is 0.204. The van der Waals surface area contributed by atoms with Gasteiger partial charge in [0.05, 0.1) is 11.4 Å². The lowest BCUT2D eigenvalue weighted by Crippen LogP contribution is -2.11. The summed E-state index contributed by atoms with van der Waals surface area (Å²) < 4.78 is 13.0. The van der Waals surface area contributed by atoms with Gasteiger partial charge in [0, 0.05) is 6.54 Å². The first kappa shape index (κ1) is 10.8. The van der Waals surface area contributed by atoms with Gasteiger partial charge in [0.25, 0.3) is 0 Å². The predicted octanol–water partition coefficient (Wildman–Crippen LogP) is 2.87. The number of hydrogen-bond donors (Lipinski definition) is 2. The molecule has 3 N–H and O–H groups in total. The summed E-state index contributed by atoms with van der Waals surface area (Å²) in [7, 11) is 0. The molecule has 0 heterocycles. The third-order valence-corrected chi connectivity index (χ3v) is 2.39. The van der Waals surface area contributed by atoms with Gasteiger partial charge in [-0.2, -0.15) is 0 Å². The number of para-hydroxylation sites is 1. The zero-order valence-electron chi connectivity index (χ0n) is 8.68. The Morgan fingerprint density at radius 2 is 2.21 bits per heavy atom. The van der Waals surface area contributed by atoms with E-state index in [-0.39, 0.29) is 11.5 Å². The quantitative estimate of drug-likeness (QED) is 0.727. The summed E-state index contributed by atoms with van der Waals surface area (Å²) in [6, 6.07) is 4.81. The van der Waals surface area contributed by atoms with Crippen molar-refractivity contribution in [3.05, 3.63) is 24.0 Å². The molecule has 0 saturated carbocycles. The third-order valence-electron chi connectivity index (χ3n) is 2.39. The van der Waals surface area contributed by atoms with E-state index in [0.717, 1.165) is 13.0 Å². The molecule has 2 nitrogen and oxygen atoms in total. The van der Waals surface area contributed by atoms with Gasteiger partial charge in [0.2, 0.25) is 0 Å². The SMILES string of the molecule is CCC(C)CNc1cccc(F)c1N. The number of anilines is 2. The first-order valence-electron chi connectivity index (χ1n) is 4.93. The Labute approximate surface area is 84.3 Å². The van der Waals surface area contributed by atoms with E-state index in [1.165, 1.54) is 6.07 Å². The highest BCUT2D eigenvalue weighted by Gasteiger charge is 2.04. The second kappa shape index (κ2) is 4.84. The molecule has 0 amide bonds. The number of nitrogens with one attached hydrogen (secondary N) is 1. The van der Waals surface area contributed by atoms with Crippen molar-refractivity contribution < 1.29 is 4.39 Å². The summed E-state index contributed by atoms with van der Waals surface area (Å²) >= 11 is 0. The Morgan fingerprint density at radius 1 is 1.50 bits per heavy atom. The third kappa shape index (κ3) is 2.62. The van der Waals surface area contributed by atoms with Gasteiger partial charge in [-0.05, 0) is 18.1 Å². The van der Waals surface area contributed by atoms with Gasteiger partial charge in [-0.1, -0.05) is 26.3 Å². The molecule has 0 aliphatic carbocycles. The second-order valence-corrected chi connectivity index (χ2v) is 3.60. The summed E-state index contributed by atoms with van der Waals surface area (Å²) in [5.41, 5.74) is 6.46. The summed E-state index contributed by atoms with van der Waals surface area (Å²) in [5.74, 6) is 0.205. The highest BCUT2D eigenvalue weighted by molar-refractivity contribution is 5.66. The maximum Gasteiger partial charge on any atom is 0.148 e. The highest BCUT2D eigenvalue weighted by Crippen LogP contribution is 2.21. The zero-order valence-corrected chi connectivity index (χ0v) is 8.68. The van der Waals surface area contributed by atoms with Crippen molar-refractivity contribution in [2.24, 2.45) is 5.92 Å². The molecule has 0 spiro atoms. The van der Waals surface area contributed by atoms with Crippen LogP contribution in [0.3, 0.4) is 0 Å². The highest BCUT2D eigenvalue weighted by atomic mass is 19.1. The molecule has 1 aromatic carbocycles. The van der Waals surface area contributed by atoms with E-state index >= 15 is 0 Å². The predicted molar refractivity (Wildman–Crippen MR) is 58.8 cm³/mol. The first-order chi connectivity index (χ1) is 6.65. The molecule has 3 heteroatoms. The van der Waals surface area contributed by atoms with E-state index < -0.39 is 0 Å². The van der Waals surface area contributed by atoms with E-state index in [0.29, 0.717) is 11.6 Å². The molecule has 0 bridgehead atoms. The van der Waals surface area contributed by atoms with Gasteiger partial charge < -0.3 is 11.1 Å². The Bertz CT molecular complexity index is 299. The van der Waals surface area contributed by atoms with Gasteiger partial charge in [-0.3, -0.25) is 0 Å². The van der Waals surface area contributed by atoms with Crippen LogP contribution in [-0.4, -0.2) is 6.54 Å². The van der Waals surface area contributed by atoms with Crippen LogP contribution in [0.15, 0.2) is 18.2 Å². The van der Waals surface area contributed by atoms with Crippen molar-refractivity contribution in [2.45, 2.75) is 20.3 Å². The van der Waals surface area contributed by atoms with Crippen LogP contribution in [0.5, 0.6) is 0 Å². The minimum atomic E-state index is -0.362. The van der Waals surface area contributed by atoms with Crippen LogP contribution in [0.4, 0.5) is 15.8 Å². The van der Waals surface area contributed by atoms with Gasteiger partial charge in [0.1, 0.15) is 5.82 Å². The topological polar surface area (TPSA) is 38.0 Å². The molecular formula is C11H17FN2. The monoisotopic (exact) mass is 196 g/mol. The molecule has 0 radical (unpaired) electrons. The Balaban J connectivity index is 2.63. The fraction of sp³-hybridized carbons (Fsp3) is 0.455. The van der Waals surface area contributed by atoms with Gasteiger partial charge in [-0.25, -0.2) is 4.39 Å². The van der Waals surface area contributed by atoms with Crippen molar-refractivity contribution >= 4 is 11.4 Å². The minimum Gasteiger partial charge on any atom is -0.395 e. The maximum absolute atomic E-state index is 13.0. The summed E-state index contributed by atoms with van der Waals surface area (Å²) in [4.78, 5) is 0. The molecule has 1 atom stereocenters. The van der Waals surface area contributed by atoms with Crippen LogP contribution in [-0.2, 0) is 0 Å². The fourth-order valence-electron chi connectivity index (χ4n) is 1.12.